The SMILES string of the molecule is CCCCC/C=C/CCl. The van der Waals surface area contributed by atoms with Gasteiger partial charge in [0.2, 0.25) is 0 Å². The van der Waals surface area contributed by atoms with Crippen molar-refractivity contribution in [3.05, 3.63) is 12.2 Å². The van der Waals surface area contributed by atoms with Crippen LogP contribution in [0, 0.1) is 0 Å². The summed E-state index contributed by atoms with van der Waals surface area (Å²) in [4.78, 5) is 0. The molecule has 0 unspecified atom stereocenters. The summed E-state index contributed by atoms with van der Waals surface area (Å²) in [6.45, 7) is 2.21. The molecular formula is C8H15Cl. The van der Waals surface area contributed by atoms with E-state index in [1.54, 1.807) is 0 Å². The van der Waals surface area contributed by atoms with E-state index in [9.17, 15) is 0 Å². The number of hydrogen-bond acceptors (Lipinski definition) is 0. The molecule has 9 heavy (non-hydrogen) atoms. The molecule has 0 aromatic carbocycles. The van der Waals surface area contributed by atoms with Crippen LogP contribution in [0.5, 0.6) is 0 Å². The lowest BCUT2D eigenvalue weighted by Crippen LogP contribution is -1.70. The van der Waals surface area contributed by atoms with Gasteiger partial charge >= 0.3 is 0 Å². The zero-order chi connectivity index (χ0) is 6.95. The molecule has 0 spiro atoms. The Balaban J connectivity index is 2.82. The fourth-order valence-electron chi connectivity index (χ4n) is 0.693. The van der Waals surface area contributed by atoms with Gasteiger partial charge in [0.1, 0.15) is 0 Å². The van der Waals surface area contributed by atoms with Crippen molar-refractivity contribution in [3.63, 3.8) is 0 Å². The number of hydrogen-bond donors (Lipinski definition) is 0. The normalized spacial score (nSPS) is 10.9. The summed E-state index contributed by atoms with van der Waals surface area (Å²) in [5, 5.41) is 0. The van der Waals surface area contributed by atoms with Crippen LogP contribution in [-0.2, 0) is 0 Å². The van der Waals surface area contributed by atoms with Crippen LogP contribution in [-0.4, -0.2) is 5.88 Å². The van der Waals surface area contributed by atoms with E-state index in [4.69, 9.17) is 11.6 Å². The van der Waals surface area contributed by atoms with E-state index in [1.165, 1.54) is 25.7 Å². The average Bonchev–Trinajstić information content (AvgIpc) is 1.89. The maximum Gasteiger partial charge on any atom is 0.0404 e. The zero-order valence-corrected chi connectivity index (χ0v) is 6.82. The van der Waals surface area contributed by atoms with Gasteiger partial charge in [-0.2, -0.15) is 0 Å². The quantitative estimate of drug-likeness (QED) is 0.317. The molecule has 0 heterocycles. The van der Waals surface area contributed by atoms with Gasteiger partial charge in [0.05, 0.1) is 0 Å². The fraction of sp³-hybridized carbons (Fsp3) is 0.750. The summed E-state index contributed by atoms with van der Waals surface area (Å²) in [5.41, 5.74) is 0. The van der Waals surface area contributed by atoms with E-state index < -0.39 is 0 Å². The van der Waals surface area contributed by atoms with Gasteiger partial charge in [0, 0.05) is 5.88 Å². The van der Waals surface area contributed by atoms with Crippen molar-refractivity contribution in [3.8, 4) is 0 Å². The third kappa shape index (κ3) is 8.03. The van der Waals surface area contributed by atoms with Crippen molar-refractivity contribution in [2.24, 2.45) is 0 Å². The summed E-state index contributed by atoms with van der Waals surface area (Å²) in [7, 11) is 0. The van der Waals surface area contributed by atoms with Crippen molar-refractivity contribution in [2.45, 2.75) is 32.6 Å². The highest BCUT2D eigenvalue weighted by molar-refractivity contribution is 6.18. The first-order chi connectivity index (χ1) is 4.41. The summed E-state index contributed by atoms with van der Waals surface area (Å²) in [5.74, 6) is 0.659. The molecule has 0 bridgehead atoms. The zero-order valence-electron chi connectivity index (χ0n) is 6.07. The molecular weight excluding hydrogens is 132 g/mol. The predicted octanol–water partition coefficient (Wildman–Crippen LogP) is 3.36. The third-order valence-corrected chi connectivity index (χ3v) is 1.41. The van der Waals surface area contributed by atoms with Crippen molar-refractivity contribution in [1.82, 2.24) is 0 Å². The molecule has 0 saturated heterocycles. The van der Waals surface area contributed by atoms with Crippen LogP contribution >= 0.6 is 11.6 Å². The Morgan fingerprint density at radius 1 is 1.22 bits per heavy atom. The van der Waals surface area contributed by atoms with E-state index >= 15 is 0 Å². The Morgan fingerprint density at radius 3 is 2.56 bits per heavy atom. The first-order valence-corrected chi connectivity index (χ1v) is 4.16. The van der Waals surface area contributed by atoms with E-state index in [0.29, 0.717) is 5.88 Å². The highest BCUT2D eigenvalue weighted by atomic mass is 35.5. The Hall–Kier alpha value is 0.0300. The van der Waals surface area contributed by atoms with Crippen LogP contribution in [0.4, 0.5) is 0 Å². The number of alkyl halides is 1. The molecule has 0 rings (SSSR count). The molecule has 0 saturated carbocycles. The minimum atomic E-state index is 0.659. The van der Waals surface area contributed by atoms with Crippen molar-refractivity contribution >= 4 is 11.6 Å². The summed E-state index contributed by atoms with van der Waals surface area (Å²) in [6, 6.07) is 0. The molecule has 1 heteroatoms. The molecule has 0 amide bonds. The lowest BCUT2D eigenvalue weighted by Gasteiger charge is -1.89. The molecule has 0 nitrogen and oxygen atoms in total. The van der Waals surface area contributed by atoms with Gasteiger partial charge in [0.15, 0.2) is 0 Å². The standard InChI is InChI=1S/C8H15Cl/c1-2-3-4-5-6-7-8-9/h6-7H,2-5,8H2,1H3/b7-6+. The van der Waals surface area contributed by atoms with Gasteiger partial charge in [-0.25, -0.2) is 0 Å². The topological polar surface area (TPSA) is 0 Å². The van der Waals surface area contributed by atoms with Crippen molar-refractivity contribution in [2.75, 3.05) is 5.88 Å². The smallest absolute Gasteiger partial charge is 0.0404 e. The van der Waals surface area contributed by atoms with Crippen LogP contribution < -0.4 is 0 Å². The van der Waals surface area contributed by atoms with Gasteiger partial charge in [-0.1, -0.05) is 31.9 Å². The van der Waals surface area contributed by atoms with Crippen molar-refractivity contribution < 1.29 is 0 Å². The molecule has 0 aliphatic heterocycles. The second kappa shape index (κ2) is 8.03. The first-order valence-electron chi connectivity index (χ1n) is 3.62. The second-order valence-electron chi connectivity index (χ2n) is 2.12. The number of halogens is 1. The van der Waals surface area contributed by atoms with Crippen molar-refractivity contribution in [1.29, 1.82) is 0 Å². The lowest BCUT2D eigenvalue weighted by molar-refractivity contribution is 0.729. The molecule has 0 atom stereocenters. The maximum absolute atomic E-state index is 5.43. The van der Waals surface area contributed by atoms with Crippen LogP contribution in [0.25, 0.3) is 0 Å². The van der Waals surface area contributed by atoms with Crippen LogP contribution in [0.3, 0.4) is 0 Å². The Kier molecular flexibility index (Phi) is 8.06. The van der Waals surface area contributed by atoms with Gasteiger partial charge in [-0.05, 0) is 12.8 Å². The van der Waals surface area contributed by atoms with Gasteiger partial charge < -0.3 is 0 Å². The summed E-state index contributed by atoms with van der Waals surface area (Å²) < 4.78 is 0. The monoisotopic (exact) mass is 146 g/mol. The third-order valence-electron chi connectivity index (χ3n) is 1.23. The first kappa shape index (κ1) is 9.03. The molecule has 0 aromatic rings. The summed E-state index contributed by atoms with van der Waals surface area (Å²) >= 11 is 5.43. The molecule has 0 radical (unpaired) electrons. The van der Waals surface area contributed by atoms with E-state index in [-0.39, 0.29) is 0 Å². The molecule has 0 aliphatic rings. The molecule has 0 aromatic heterocycles. The fourth-order valence-corrected chi connectivity index (χ4v) is 0.819. The van der Waals surface area contributed by atoms with Crippen LogP contribution in [0.15, 0.2) is 12.2 Å². The molecule has 54 valence electrons. The van der Waals surface area contributed by atoms with Gasteiger partial charge in [-0.3, -0.25) is 0 Å². The van der Waals surface area contributed by atoms with Gasteiger partial charge in [-0.15, -0.1) is 11.6 Å². The minimum absolute atomic E-state index is 0.659. The minimum Gasteiger partial charge on any atom is -0.122 e. The number of unbranched alkanes of at least 4 members (excludes halogenated alkanes) is 3. The van der Waals surface area contributed by atoms with Crippen LogP contribution in [0.1, 0.15) is 32.6 Å². The highest BCUT2D eigenvalue weighted by Crippen LogP contribution is 1.99. The molecule has 0 N–H and O–H groups in total. The maximum atomic E-state index is 5.43. The molecule has 0 aliphatic carbocycles. The predicted molar refractivity (Wildman–Crippen MR) is 44.0 cm³/mol. The average molecular weight is 147 g/mol. The lowest BCUT2D eigenvalue weighted by atomic mass is 10.2. The van der Waals surface area contributed by atoms with Crippen LogP contribution in [0.2, 0.25) is 0 Å². The van der Waals surface area contributed by atoms with Gasteiger partial charge in [0.25, 0.3) is 0 Å². The van der Waals surface area contributed by atoms with E-state index in [1.807, 2.05) is 6.08 Å². The number of allylic oxidation sites excluding steroid dienone is 2. The Bertz CT molecular complexity index is 67.0. The highest BCUT2D eigenvalue weighted by Gasteiger charge is 1.79. The van der Waals surface area contributed by atoms with E-state index in [0.717, 1.165) is 0 Å². The summed E-state index contributed by atoms with van der Waals surface area (Å²) in [6.07, 6.45) is 9.31. The van der Waals surface area contributed by atoms with E-state index in [2.05, 4.69) is 13.0 Å². The Morgan fingerprint density at radius 2 is 2.00 bits per heavy atom. The Labute approximate surface area is 62.9 Å². The number of rotatable bonds is 5. The largest absolute Gasteiger partial charge is 0.122 e. The second-order valence-corrected chi connectivity index (χ2v) is 2.43. The molecule has 0 fully saturated rings.